The molecule has 0 saturated carbocycles. The second kappa shape index (κ2) is 14.4. The Morgan fingerprint density at radius 3 is 2.38 bits per heavy atom. The fourth-order valence-corrected chi connectivity index (χ4v) is 4.01. The molecule has 1 saturated heterocycles. The van der Waals surface area contributed by atoms with Crippen molar-refractivity contribution >= 4 is 35.6 Å². The van der Waals surface area contributed by atoms with E-state index in [1.807, 2.05) is 0 Å². The predicted octanol–water partition coefficient (Wildman–Crippen LogP) is 4.59. The predicted molar refractivity (Wildman–Crippen MR) is 146 cm³/mol. The van der Waals surface area contributed by atoms with Crippen molar-refractivity contribution in [2.75, 3.05) is 31.1 Å². The molecule has 1 unspecified atom stereocenters. The summed E-state index contributed by atoms with van der Waals surface area (Å²) in [4.78, 5) is 7.21. The number of nitrogens with zero attached hydrogens (tertiary/aromatic N) is 2. The van der Waals surface area contributed by atoms with Crippen LogP contribution in [0, 0.1) is 5.92 Å². The highest BCUT2D eigenvalue weighted by Crippen LogP contribution is 2.23. The fourth-order valence-electron chi connectivity index (χ4n) is 4.01. The number of hydrogen-bond acceptors (Lipinski definition) is 3. The van der Waals surface area contributed by atoms with Crippen LogP contribution in [-0.4, -0.2) is 43.3 Å². The number of aliphatic hydroxyl groups is 1. The third-order valence-corrected chi connectivity index (χ3v) is 6.03. The Hall–Kier alpha value is -1.80. The van der Waals surface area contributed by atoms with Gasteiger partial charge in [0.2, 0.25) is 0 Å². The molecule has 1 heterocycles. The summed E-state index contributed by atoms with van der Waals surface area (Å²) < 4.78 is 0. The number of benzene rings is 2. The lowest BCUT2D eigenvalue weighted by atomic mass is 9.97. The van der Waals surface area contributed by atoms with E-state index in [2.05, 4.69) is 84.0 Å². The van der Waals surface area contributed by atoms with Crippen molar-refractivity contribution in [3.05, 3.63) is 65.7 Å². The van der Waals surface area contributed by atoms with E-state index in [4.69, 9.17) is 4.99 Å². The van der Waals surface area contributed by atoms with Crippen molar-refractivity contribution in [3.63, 3.8) is 0 Å². The number of halogens is 1. The standard InChI is InChI=1S/C26H38N4O.HI/c1-3-27-26(29-21(2)9-10-22-7-5-4-6-8-22)28-19-23-11-13-25(14-12-23)30-17-15-24(20-31)16-18-30;/h4-8,11-14,21,24,31H,3,9-10,15-20H2,1-2H3,(H2,27,28,29);1H. The van der Waals surface area contributed by atoms with Crippen LogP contribution in [0.1, 0.15) is 44.2 Å². The Morgan fingerprint density at radius 1 is 1.06 bits per heavy atom. The van der Waals surface area contributed by atoms with Gasteiger partial charge in [-0.25, -0.2) is 4.99 Å². The molecule has 3 N–H and O–H groups in total. The molecule has 3 rings (SSSR count). The van der Waals surface area contributed by atoms with Crippen LogP contribution < -0.4 is 15.5 Å². The first-order valence-electron chi connectivity index (χ1n) is 11.7. The maximum Gasteiger partial charge on any atom is 0.191 e. The summed E-state index contributed by atoms with van der Waals surface area (Å²) in [7, 11) is 0. The number of piperidine rings is 1. The normalized spacial score (nSPS) is 15.7. The fraction of sp³-hybridized carbons (Fsp3) is 0.500. The summed E-state index contributed by atoms with van der Waals surface area (Å²) >= 11 is 0. The number of nitrogens with one attached hydrogen (secondary N) is 2. The van der Waals surface area contributed by atoms with E-state index >= 15 is 0 Å². The van der Waals surface area contributed by atoms with E-state index in [0.29, 0.717) is 25.1 Å². The van der Waals surface area contributed by atoms with Crippen LogP contribution in [0.15, 0.2) is 59.6 Å². The molecular formula is C26H39IN4O. The largest absolute Gasteiger partial charge is 0.396 e. The highest BCUT2D eigenvalue weighted by molar-refractivity contribution is 14.0. The second-order valence-corrected chi connectivity index (χ2v) is 8.54. The molecule has 0 spiro atoms. The number of aliphatic imine (C=N–C) groups is 1. The van der Waals surface area contributed by atoms with Gasteiger partial charge in [-0.05, 0) is 68.7 Å². The van der Waals surface area contributed by atoms with Crippen molar-refractivity contribution in [3.8, 4) is 0 Å². The van der Waals surface area contributed by atoms with E-state index in [-0.39, 0.29) is 24.0 Å². The van der Waals surface area contributed by atoms with Gasteiger partial charge in [0.1, 0.15) is 0 Å². The van der Waals surface area contributed by atoms with E-state index in [0.717, 1.165) is 51.3 Å². The SMILES string of the molecule is CCNC(=NCc1ccc(N2CCC(CO)CC2)cc1)NC(C)CCc1ccccc1.I. The first-order chi connectivity index (χ1) is 15.2. The number of rotatable bonds is 9. The summed E-state index contributed by atoms with van der Waals surface area (Å²) in [6, 6.07) is 19.7. The van der Waals surface area contributed by atoms with E-state index in [9.17, 15) is 5.11 Å². The Bertz CT molecular complexity index is 789. The zero-order valence-electron chi connectivity index (χ0n) is 19.5. The van der Waals surface area contributed by atoms with Gasteiger partial charge in [0.05, 0.1) is 6.54 Å². The van der Waals surface area contributed by atoms with Crippen molar-refractivity contribution in [2.45, 2.75) is 52.1 Å². The van der Waals surface area contributed by atoms with Crippen LogP contribution >= 0.6 is 24.0 Å². The summed E-state index contributed by atoms with van der Waals surface area (Å²) in [5.41, 5.74) is 3.85. The molecule has 1 fully saturated rings. The Balaban J connectivity index is 0.00000363. The first-order valence-corrected chi connectivity index (χ1v) is 11.7. The summed E-state index contributed by atoms with van der Waals surface area (Å²) in [5, 5.41) is 16.2. The van der Waals surface area contributed by atoms with Gasteiger partial charge in [-0.2, -0.15) is 0 Å². The second-order valence-electron chi connectivity index (χ2n) is 8.54. The average molecular weight is 551 g/mol. The minimum absolute atomic E-state index is 0. The highest BCUT2D eigenvalue weighted by atomic mass is 127. The zero-order valence-corrected chi connectivity index (χ0v) is 21.8. The molecule has 0 bridgehead atoms. The van der Waals surface area contributed by atoms with Gasteiger partial charge in [0, 0.05) is 38.0 Å². The number of guanidine groups is 1. The molecule has 32 heavy (non-hydrogen) atoms. The number of aliphatic hydroxyl groups excluding tert-OH is 1. The van der Waals surface area contributed by atoms with Crippen LogP contribution in [0.5, 0.6) is 0 Å². The van der Waals surface area contributed by atoms with Gasteiger partial charge < -0.3 is 20.6 Å². The van der Waals surface area contributed by atoms with Crippen LogP contribution in [-0.2, 0) is 13.0 Å². The van der Waals surface area contributed by atoms with E-state index < -0.39 is 0 Å². The Kier molecular flexibility index (Phi) is 11.9. The molecule has 6 heteroatoms. The van der Waals surface area contributed by atoms with E-state index in [1.54, 1.807) is 0 Å². The molecule has 1 aliphatic rings. The summed E-state index contributed by atoms with van der Waals surface area (Å²) in [6.07, 6.45) is 4.27. The number of aryl methyl sites for hydroxylation is 1. The zero-order chi connectivity index (χ0) is 21.9. The molecule has 176 valence electrons. The lowest BCUT2D eigenvalue weighted by Crippen LogP contribution is -2.42. The maximum absolute atomic E-state index is 9.32. The quantitative estimate of drug-likeness (QED) is 0.243. The molecule has 1 atom stereocenters. The number of anilines is 1. The van der Waals surface area contributed by atoms with Gasteiger partial charge in [-0.1, -0.05) is 42.5 Å². The molecule has 2 aromatic carbocycles. The number of hydrogen-bond donors (Lipinski definition) is 3. The average Bonchev–Trinajstić information content (AvgIpc) is 2.82. The minimum Gasteiger partial charge on any atom is -0.396 e. The molecule has 1 aliphatic heterocycles. The maximum atomic E-state index is 9.32. The summed E-state index contributed by atoms with van der Waals surface area (Å²) in [6.45, 7) is 8.19. The van der Waals surface area contributed by atoms with Gasteiger partial charge >= 0.3 is 0 Å². The van der Waals surface area contributed by atoms with E-state index in [1.165, 1.54) is 16.8 Å². The third-order valence-electron chi connectivity index (χ3n) is 6.03. The van der Waals surface area contributed by atoms with Crippen LogP contribution in [0.2, 0.25) is 0 Å². The minimum atomic E-state index is 0. The van der Waals surface area contributed by atoms with Crippen LogP contribution in [0.25, 0.3) is 0 Å². The molecular weight excluding hydrogens is 511 g/mol. The topological polar surface area (TPSA) is 59.9 Å². The molecule has 2 aromatic rings. The highest BCUT2D eigenvalue weighted by Gasteiger charge is 2.18. The molecule has 0 radical (unpaired) electrons. The monoisotopic (exact) mass is 550 g/mol. The van der Waals surface area contributed by atoms with Crippen molar-refractivity contribution < 1.29 is 5.11 Å². The molecule has 0 aromatic heterocycles. The van der Waals surface area contributed by atoms with Gasteiger partial charge in [-0.3, -0.25) is 0 Å². The van der Waals surface area contributed by atoms with Crippen LogP contribution in [0.3, 0.4) is 0 Å². The Morgan fingerprint density at radius 2 is 1.75 bits per heavy atom. The van der Waals surface area contributed by atoms with Crippen molar-refractivity contribution in [1.29, 1.82) is 0 Å². The van der Waals surface area contributed by atoms with Crippen molar-refractivity contribution in [2.24, 2.45) is 10.9 Å². The lowest BCUT2D eigenvalue weighted by molar-refractivity contribution is 0.203. The van der Waals surface area contributed by atoms with Gasteiger partial charge in [0.15, 0.2) is 5.96 Å². The smallest absolute Gasteiger partial charge is 0.191 e. The van der Waals surface area contributed by atoms with Gasteiger partial charge in [0.25, 0.3) is 0 Å². The van der Waals surface area contributed by atoms with Crippen molar-refractivity contribution in [1.82, 2.24) is 10.6 Å². The van der Waals surface area contributed by atoms with Gasteiger partial charge in [-0.15, -0.1) is 24.0 Å². The van der Waals surface area contributed by atoms with Crippen LogP contribution in [0.4, 0.5) is 5.69 Å². The molecule has 0 amide bonds. The lowest BCUT2D eigenvalue weighted by Gasteiger charge is -2.32. The summed E-state index contributed by atoms with van der Waals surface area (Å²) in [5.74, 6) is 1.34. The molecule has 0 aliphatic carbocycles. The Labute approximate surface area is 210 Å². The first kappa shape index (κ1) is 26.5. The molecule has 5 nitrogen and oxygen atoms in total. The third kappa shape index (κ3) is 8.62.